The van der Waals surface area contributed by atoms with Gasteiger partial charge in [-0.1, -0.05) is 0 Å². The summed E-state index contributed by atoms with van der Waals surface area (Å²) in [5, 5.41) is 9.06. The standard InChI is InChI=1S/C12H15N4O.2ClH/c1-9-14-5-11(12(13)15-9)7-16-4-2-3-10(6-16)8-17;;/h2-6,17H,7-8H2,1H3,(H2,13,14,15);2*1H/q+1;;/p-1. The van der Waals surface area contributed by atoms with Crippen LogP contribution >= 0.6 is 12.4 Å². The molecule has 7 heteroatoms. The molecule has 0 saturated carbocycles. The van der Waals surface area contributed by atoms with E-state index < -0.39 is 0 Å². The number of aliphatic hydroxyl groups is 1. The molecule has 104 valence electrons. The highest BCUT2D eigenvalue weighted by atomic mass is 35.5. The molecular weight excluding hydrogens is 287 g/mol. The van der Waals surface area contributed by atoms with Gasteiger partial charge in [-0.05, 0) is 13.0 Å². The summed E-state index contributed by atoms with van der Waals surface area (Å²) in [6, 6.07) is 3.75. The topological polar surface area (TPSA) is 75.9 Å². The van der Waals surface area contributed by atoms with Gasteiger partial charge in [-0.25, -0.2) is 14.5 Å². The van der Waals surface area contributed by atoms with E-state index in [-0.39, 0.29) is 31.4 Å². The summed E-state index contributed by atoms with van der Waals surface area (Å²) >= 11 is 0. The molecule has 0 aliphatic rings. The van der Waals surface area contributed by atoms with Gasteiger partial charge in [-0.15, -0.1) is 12.4 Å². The van der Waals surface area contributed by atoms with Crippen LogP contribution in [-0.4, -0.2) is 15.1 Å². The number of rotatable bonds is 3. The molecule has 2 rings (SSSR count). The van der Waals surface area contributed by atoms with E-state index in [0.717, 1.165) is 11.1 Å². The zero-order chi connectivity index (χ0) is 12.3. The van der Waals surface area contributed by atoms with E-state index in [9.17, 15) is 0 Å². The summed E-state index contributed by atoms with van der Waals surface area (Å²) in [5.74, 6) is 1.17. The van der Waals surface area contributed by atoms with Crippen molar-refractivity contribution in [3.8, 4) is 0 Å². The average molecular weight is 303 g/mol. The predicted molar refractivity (Wildman–Crippen MR) is 70.1 cm³/mol. The van der Waals surface area contributed by atoms with E-state index >= 15 is 0 Å². The van der Waals surface area contributed by atoms with Crippen molar-refractivity contribution in [2.45, 2.75) is 20.1 Å². The summed E-state index contributed by atoms with van der Waals surface area (Å²) < 4.78 is 1.94. The Hall–Kier alpha value is -1.43. The normalized spacial score (nSPS) is 9.37. The van der Waals surface area contributed by atoms with Crippen molar-refractivity contribution < 1.29 is 22.1 Å². The molecule has 19 heavy (non-hydrogen) atoms. The number of nitrogen functional groups attached to an aromatic ring is 1. The van der Waals surface area contributed by atoms with Crippen molar-refractivity contribution in [3.63, 3.8) is 0 Å². The molecule has 0 aliphatic carbocycles. The quantitative estimate of drug-likeness (QED) is 0.621. The largest absolute Gasteiger partial charge is 1.00 e. The van der Waals surface area contributed by atoms with Gasteiger partial charge in [0.2, 0.25) is 0 Å². The molecule has 2 aromatic rings. The van der Waals surface area contributed by atoms with Gasteiger partial charge >= 0.3 is 0 Å². The lowest BCUT2D eigenvalue weighted by atomic mass is 10.2. The molecule has 0 spiro atoms. The van der Waals surface area contributed by atoms with Crippen LogP contribution in [0.15, 0.2) is 30.7 Å². The number of halogens is 2. The minimum absolute atomic E-state index is 0. The van der Waals surface area contributed by atoms with Gasteiger partial charge in [0, 0.05) is 17.8 Å². The Morgan fingerprint density at radius 1 is 1.42 bits per heavy atom. The summed E-state index contributed by atoms with van der Waals surface area (Å²) in [6.45, 7) is 2.43. The van der Waals surface area contributed by atoms with Crippen molar-refractivity contribution in [1.82, 2.24) is 9.97 Å². The third-order valence-corrected chi connectivity index (χ3v) is 2.47. The monoisotopic (exact) mass is 302 g/mol. The first-order chi connectivity index (χ1) is 8.19. The van der Waals surface area contributed by atoms with Crippen LogP contribution in [0.2, 0.25) is 0 Å². The Balaban J connectivity index is 0.00000162. The second kappa shape index (κ2) is 7.89. The Labute approximate surface area is 124 Å². The number of aryl methyl sites for hydroxylation is 1. The second-order valence-electron chi connectivity index (χ2n) is 3.87. The summed E-state index contributed by atoms with van der Waals surface area (Å²) in [5.41, 5.74) is 7.56. The van der Waals surface area contributed by atoms with Gasteiger partial charge in [0.05, 0.1) is 12.2 Å². The van der Waals surface area contributed by atoms with E-state index in [1.807, 2.05) is 29.1 Å². The van der Waals surface area contributed by atoms with Crippen LogP contribution in [-0.2, 0) is 13.2 Å². The van der Waals surface area contributed by atoms with E-state index in [4.69, 9.17) is 10.8 Å². The van der Waals surface area contributed by atoms with Crippen molar-refractivity contribution in [1.29, 1.82) is 0 Å². The van der Waals surface area contributed by atoms with Crippen LogP contribution in [0.1, 0.15) is 17.0 Å². The number of nitrogens with zero attached hydrogens (tertiary/aromatic N) is 3. The van der Waals surface area contributed by atoms with Gasteiger partial charge < -0.3 is 23.2 Å². The van der Waals surface area contributed by atoms with Crippen LogP contribution in [0.25, 0.3) is 0 Å². The zero-order valence-corrected chi connectivity index (χ0v) is 12.0. The van der Waals surface area contributed by atoms with E-state index in [0.29, 0.717) is 18.2 Å². The van der Waals surface area contributed by atoms with Crippen LogP contribution in [0.4, 0.5) is 5.82 Å². The molecule has 0 unspecified atom stereocenters. The van der Waals surface area contributed by atoms with Gasteiger partial charge in [-0.3, -0.25) is 0 Å². The van der Waals surface area contributed by atoms with E-state index in [2.05, 4.69) is 9.97 Å². The molecule has 0 fully saturated rings. The SMILES string of the molecule is Cc1ncc(C[n+]2cccc(CO)c2)c(N)n1.Cl.[Cl-]. The van der Waals surface area contributed by atoms with Crippen molar-refractivity contribution in [2.75, 3.05) is 5.73 Å². The molecule has 0 aliphatic heterocycles. The first-order valence-corrected chi connectivity index (χ1v) is 5.36. The fraction of sp³-hybridized carbons (Fsp3) is 0.250. The number of aromatic nitrogens is 3. The highest BCUT2D eigenvalue weighted by molar-refractivity contribution is 5.85. The smallest absolute Gasteiger partial charge is 0.178 e. The molecule has 0 radical (unpaired) electrons. The van der Waals surface area contributed by atoms with Crippen LogP contribution in [0.5, 0.6) is 0 Å². The minimum atomic E-state index is 0. The zero-order valence-electron chi connectivity index (χ0n) is 10.5. The van der Waals surface area contributed by atoms with Crippen LogP contribution in [0.3, 0.4) is 0 Å². The average Bonchev–Trinajstić information content (AvgIpc) is 2.33. The first-order valence-electron chi connectivity index (χ1n) is 5.36. The Morgan fingerprint density at radius 2 is 2.16 bits per heavy atom. The van der Waals surface area contributed by atoms with Crippen LogP contribution < -0.4 is 22.7 Å². The van der Waals surface area contributed by atoms with Gasteiger partial charge in [0.15, 0.2) is 18.9 Å². The summed E-state index contributed by atoms with van der Waals surface area (Å²) in [6.07, 6.45) is 5.52. The lowest BCUT2D eigenvalue weighted by Gasteiger charge is -2.02. The van der Waals surface area contributed by atoms with Crippen molar-refractivity contribution in [2.24, 2.45) is 0 Å². The van der Waals surface area contributed by atoms with E-state index in [1.54, 1.807) is 13.1 Å². The number of aliphatic hydroxyl groups excluding tert-OH is 1. The molecular formula is C12H16Cl2N4O. The van der Waals surface area contributed by atoms with Crippen molar-refractivity contribution in [3.05, 3.63) is 47.7 Å². The second-order valence-corrected chi connectivity index (χ2v) is 3.87. The maximum atomic E-state index is 9.06. The number of anilines is 1. The summed E-state index contributed by atoms with van der Waals surface area (Å²) in [7, 11) is 0. The lowest BCUT2D eigenvalue weighted by Crippen LogP contribution is -3.00. The number of hydrogen-bond donors (Lipinski definition) is 2. The number of nitrogens with two attached hydrogens (primary N) is 1. The highest BCUT2D eigenvalue weighted by Gasteiger charge is 2.08. The number of pyridine rings is 1. The molecule has 0 bridgehead atoms. The number of hydrogen-bond acceptors (Lipinski definition) is 4. The third kappa shape index (κ3) is 4.63. The maximum Gasteiger partial charge on any atom is 0.178 e. The predicted octanol–water partition coefficient (Wildman–Crippen LogP) is -2.38. The molecule has 5 nitrogen and oxygen atoms in total. The Morgan fingerprint density at radius 3 is 2.79 bits per heavy atom. The lowest BCUT2D eigenvalue weighted by molar-refractivity contribution is -0.688. The molecule has 0 atom stereocenters. The fourth-order valence-corrected chi connectivity index (χ4v) is 1.60. The third-order valence-electron chi connectivity index (χ3n) is 2.47. The Bertz CT molecular complexity index is 537. The van der Waals surface area contributed by atoms with Gasteiger partial charge in [0.1, 0.15) is 11.6 Å². The minimum Gasteiger partial charge on any atom is -1.00 e. The molecule has 0 amide bonds. The molecule has 2 aromatic heterocycles. The van der Waals surface area contributed by atoms with Gasteiger partial charge in [0.25, 0.3) is 0 Å². The van der Waals surface area contributed by atoms with Crippen LogP contribution in [0, 0.1) is 6.92 Å². The molecule has 0 saturated heterocycles. The fourth-order valence-electron chi connectivity index (χ4n) is 1.60. The maximum absolute atomic E-state index is 9.06. The molecule has 2 heterocycles. The first kappa shape index (κ1) is 17.6. The molecule has 0 aromatic carbocycles. The molecule has 3 N–H and O–H groups in total. The summed E-state index contributed by atoms with van der Waals surface area (Å²) in [4.78, 5) is 8.24. The van der Waals surface area contributed by atoms with Gasteiger partial charge in [-0.2, -0.15) is 0 Å². The van der Waals surface area contributed by atoms with Crippen molar-refractivity contribution >= 4 is 18.2 Å². The highest BCUT2D eigenvalue weighted by Crippen LogP contribution is 2.06. The Kier molecular flexibility index (Phi) is 7.29. The van der Waals surface area contributed by atoms with E-state index in [1.165, 1.54) is 0 Å².